The summed E-state index contributed by atoms with van der Waals surface area (Å²) in [6.45, 7) is 13.3. The number of hydrogen-bond acceptors (Lipinski definition) is 2. The van der Waals surface area contributed by atoms with E-state index in [1.165, 1.54) is 0 Å². The standard InChI is InChI=1S/C13H26N2O/c1-6-7-11(4)12(5)14-9-13(16)15-8-10(2)3/h6,10-12,14H,1,7-9H2,2-5H3,(H,15,16)/t11-,12+/m1/s1. The summed E-state index contributed by atoms with van der Waals surface area (Å²) < 4.78 is 0. The van der Waals surface area contributed by atoms with E-state index in [0.717, 1.165) is 13.0 Å². The molecule has 2 atom stereocenters. The minimum absolute atomic E-state index is 0.0753. The second-order valence-corrected chi connectivity index (χ2v) is 4.87. The average Bonchev–Trinajstić information content (AvgIpc) is 2.23. The van der Waals surface area contributed by atoms with Crippen molar-refractivity contribution in [1.82, 2.24) is 10.6 Å². The summed E-state index contributed by atoms with van der Waals surface area (Å²) in [5.74, 6) is 1.09. The first-order valence-electron chi connectivity index (χ1n) is 6.08. The van der Waals surface area contributed by atoms with Crippen LogP contribution in [0.3, 0.4) is 0 Å². The molecule has 0 aromatic rings. The van der Waals surface area contributed by atoms with E-state index in [1.54, 1.807) is 0 Å². The molecule has 0 aromatic heterocycles. The van der Waals surface area contributed by atoms with Gasteiger partial charge in [-0.2, -0.15) is 0 Å². The van der Waals surface area contributed by atoms with Gasteiger partial charge in [-0.3, -0.25) is 4.79 Å². The summed E-state index contributed by atoms with van der Waals surface area (Å²) in [5.41, 5.74) is 0. The molecule has 3 heteroatoms. The van der Waals surface area contributed by atoms with Gasteiger partial charge in [-0.15, -0.1) is 6.58 Å². The van der Waals surface area contributed by atoms with Crippen LogP contribution in [0.15, 0.2) is 12.7 Å². The Labute approximate surface area is 99.7 Å². The van der Waals surface area contributed by atoms with Gasteiger partial charge in [-0.25, -0.2) is 0 Å². The molecule has 0 fully saturated rings. The topological polar surface area (TPSA) is 41.1 Å². The average molecular weight is 226 g/mol. The van der Waals surface area contributed by atoms with E-state index in [1.807, 2.05) is 6.08 Å². The van der Waals surface area contributed by atoms with Crippen LogP contribution >= 0.6 is 0 Å². The first-order valence-corrected chi connectivity index (χ1v) is 6.08. The second-order valence-electron chi connectivity index (χ2n) is 4.87. The third kappa shape index (κ3) is 7.46. The molecule has 1 amide bonds. The summed E-state index contributed by atoms with van der Waals surface area (Å²) in [4.78, 5) is 11.4. The Kier molecular flexibility index (Phi) is 7.90. The van der Waals surface area contributed by atoms with Crippen molar-refractivity contribution in [3.05, 3.63) is 12.7 Å². The highest BCUT2D eigenvalue weighted by molar-refractivity contribution is 5.77. The summed E-state index contributed by atoms with van der Waals surface area (Å²) in [5, 5.41) is 6.12. The molecular weight excluding hydrogens is 200 g/mol. The fourth-order valence-corrected chi connectivity index (χ4v) is 1.30. The van der Waals surface area contributed by atoms with Crippen molar-refractivity contribution in [2.45, 2.75) is 40.2 Å². The predicted octanol–water partition coefficient (Wildman–Crippen LogP) is 1.95. The molecule has 0 heterocycles. The van der Waals surface area contributed by atoms with Crippen LogP contribution < -0.4 is 10.6 Å². The lowest BCUT2D eigenvalue weighted by Gasteiger charge is -2.20. The monoisotopic (exact) mass is 226 g/mol. The number of carbonyl (C=O) groups is 1. The van der Waals surface area contributed by atoms with Crippen LogP contribution in [0.5, 0.6) is 0 Å². The maximum atomic E-state index is 11.4. The van der Waals surface area contributed by atoms with E-state index in [2.05, 4.69) is 44.9 Å². The lowest BCUT2D eigenvalue weighted by molar-refractivity contribution is -0.120. The van der Waals surface area contributed by atoms with Gasteiger partial charge in [0.1, 0.15) is 0 Å². The Morgan fingerprint density at radius 3 is 2.44 bits per heavy atom. The molecule has 0 radical (unpaired) electrons. The molecule has 0 bridgehead atoms. The van der Waals surface area contributed by atoms with Crippen molar-refractivity contribution < 1.29 is 4.79 Å². The first kappa shape index (κ1) is 15.2. The van der Waals surface area contributed by atoms with Gasteiger partial charge in [-0.1, -0.05) is 26.8 Å². The van der Waals surface area contributed by atoms with E-state index in [4.69, 9.17) is 0 Å². The zero-order valence-corrected chi connectivity index (χ0v) is 11.0. The number of nitrogens with one attached hydrogen (secondary N) is 2. The molecule has 0 aromatic carbocycles. The van der Waals surface area contributed by atoms with Crippen LogP contribution in [0.4, 0.5) is 0 Å². The minimum atomic E-state index is 0.0753. The van der Waals surface area contributed by atoms with Crippen LogP contribution in [0, 0.1) is 11.8 Å². The molecule has 0 spiro atoms. The van der Waals surface area contributed by atoms with Crippen molar-refractivity contribution >= 4 is 5.91 Å². The summed E-state index contributed by atoms with van der Waals surface area (Å²) in [7, 11) is 0. The first-order chi connectivity index (χ1) is 7.47. The van der Waals surface area contributed by atoms with E-state index in [-0.39, 0.29) is 5.91 Å². The summed E-state index contributed by atoms with van der Waals surface area (Å²) in [6, 6.07) is 0.336. The van der Waals surface area contributed by atoms with Gasteiger partial charge in [0.05, 0.1) is 6.54 Å². The second kappa shape index (κ2) is 8.34. The smallest absolute Gasteiger partial charge is 0.233 e. The van der Waals surface area contributed by atoms with Crippen molar-refractivity contribution in [1.29, 1.82) is 0 Å². The third-order valence-electron chi connectivity index (χ3n) is 2.68. The quantitative estimate of drug-likeness (QED) is 0.621. The molecule has 0 unspecified atom stereocenters. The van der Waals surface area contributed by atoms with Gasteiger partial charge in [0.15, 0.2) is 0 Å². The van der Waals surface area contributed by atoms with Crippen LogP contribution in [0.25, 0.3) is 0 Å². The Bertz CT molecular complexity index is 214. The zero-order valence-electron chi connectivity index (χ0n) is 11.0. The Morgan fingerprint density at radius 2 is 1.94 bits per heavy atom. The van der Waals surface area contributed by atoms with Crippen LogP contribution in [-0.2, 0) is 4.79 Å². The molecular formula is C13H26N2O. The molecule has 0 aliphatic heterocycles. The maximum Gasteiger partial charge on any atom is 0.233 e. The molecule has 0 rings (SSSR count). The van der Waals surface area contributed by atoms with Gasteiger partial charge < -0.3 is 10.6 Å². The highest BCUT2D eigenvalue weighted by Crippen LogP contribution is 2.07. The number of amides is 1. The molecule has 0 saturated heterocycles. The fraction of sp³-hybridized carbons (Fsp3) is 0.769. The van der Waals surface area contributed by atoms with Crippen molar-refractivity contribution in [2.75, 3.05) is 13.1 Å². The Balaban J connectivity index is 3.69. The number of allylic oxidation sites excluding steroid dienone is 1. The van der Waals surface area contributed by atoms with Crippen LogP contribution in [-0.4, -0.2) is 25.0 Å². The maximum absolute atomic E-state index is 11.4. The normalized spacial score (nSPS) is 14.6. The fourth-order valence-electron chi connectivity index (χ4n) is 1.30. The molecule has 94 valence electrons. The predicted molar refractivity (Wildman–Crippen MR) is 69.3 cm³/mol. The lowest BCUT2D eigenvalue weighted by atomic mass is 10.00. The van der Waals surface area contributed by atoms with E-state index < -0.39 is 0 Å². The van der Waals surface area contributed by atoms with Gasteiger partial charge in [0.25, 0.3) is 0 Å². The van der Waals surface area contributed by atoms with Crippen LogP contribution in [0.1, 0.15) is 34.1 Å². The minimum Gasteiger partial charge on any atom is -0.355 e. The van der Waals surface area contributed by atoms with E-state index in [9.17, 15) is 4.79 Å². The zero-order chi connectivity index (χ0) is 12.6. The molecule has 3 nitrogen and oxygen atoms in total. The van der Waals surface area contributed by atoms with Gasteiger partial charge in [-0.05, 0) is 25.2 Å². The largest absolute Gasteiger partial charge is 0.355 e. The molecule has 0 aliphatic rings. The Hall–Kier alpha value is -0.830. The lowest BCUT2D eigenvalue weighted by Crippen LogP contribution is -2.41. The highest BCUT2D eigenvalue weighted by atomic mass is 16.1. The number of hydrogen-bond donors (Lipinski definition) is 2. The Morgan fingerprint density at radius 1 is 1.31 bits per heavy atom. The third-order valence-corrected chi connectivity index (χ3v) is 2.68. The van der Waals surface area contributed by atoms with Crippen molar-refractivity contribution in [2.24, 2.45) is 11.8 Å². The van der Waals surface area contributed by atoms with Crippen molar-refractivity contribution in [3.8, 4) is 0 Å². The van der Waals surface area contributed by atoms with Crippen molar-refractivity contribution in [3.63, 3.8) is 0 Å². The summed E-state index contributed by atoms with van der Waals surface area (Å²) in [6.07, 6.45) is 2.89. The number of rotatable bonds is 8. The highest BCUT2D eigenvalue weighted by Gasteiger charge is 2.11. The molecule has 0 aliphatic carbocycles. The summed E-state index contributed by atoms with van der Waals surface area (Å²) >= 11 is 0. The SMILES string of the molecule is C=CC[C@@H](C)[C@H](C)NCC(=O)NCC(C)C. The van der Waals surface area contributed by atoms with E-state index in [0.29, 0.717) is 24.4 Å². The molecule has 2 N–H and O–H groups in total. The van der Waals surface area contributed by atoms with E-state index >= 15 is 0 Å². The van der Waals surface area contributed by atoms with Gasteiger partial charge in [0.2, 0.25) is 5.91 Å². The molecule has 0 saturated carbocycles. The van der Waals surface area contributed by atoms with Crippen LogP contribution in [0.2, 0.25) is 0 Å². The number of carbonyl (C=O) groups excluding carboxylic acids is 1. The van der Waals surface area contributed by atoms with Gasteiger partial charge >= 0.3 is 0 Å². The molecule has 16 heavy (non-hydrogen) atoms. The van der Waals surface area contributed by atoms with Gasteiger partial charge in [0, 0.05) is 12.6 Å².